The number of hydrogen-bond acceptors (Lipinski definition) is 3. The Hall–Kier alpha value is -1.03. The van der Waals surface area contributed by atoms with Gasteiger partial charge in [0.15, 0.2) is 6.04 Å². The van der Waals surface area contributed by atoms with Crippen molar-refractivity contribution in [3.63, 3.8) is 0 Å². The molecule has 2 atom stereocenters. The SMILES string of the molecule is CCCC=C(C)N[C@H](C(=O)O)[C@@H](C)O. The number of carboxylic acid groups (broad SMARTS) is 1. The molecule has 0 radical (unpaired) electrons. The summed E-state index contributed by atoms with van der Waals surface area (Å²) in [4.78, 5) is 10.7. The van der Waals surface area contributed by atoms with Gasteiger partial charge in [-0.3, -0.25) is 0 Å². The van der Waals surface area contributed by atoms with Crippen LogP contribution in [0.5, 0.6) is 0 Å². The Morgan fingerprint density at radius 1 is 1.57 bits per heavy atom. The van der Waals surface area contributed by atoms with E-state index in [1.54, 1.807) is 6.92 Å². The lowest BCUT2D eigenvalue weighted by Gasteiger charge is -2.18. The van der Waals surface area contributed by atoms with Crippen LogP contribution in [-0.4, -0.2) is 28.3 Å². The molecule has 0 aliphatic carbocycles. The van der Waals surface area contributed by atoms with Crippen LogP contribution in [0.1, 0.15) is 33.6 Å². The number of aliphatic hydroxyl groups excluding tert-OH is 1. The maximum Gasteiger partial charge on any atom is 0.328 e. The fourth-order valence-corrected chi connectivity index (χ4v) is 1.05. The molecule has 0 aromatic carbocycles. The van der Waals surface area contributed by atoms with Crippen LogP contribution >= 0.6 is 0 Å². The van der Waals surface area contributed by atoms with Crippen molar-refractivity contribution >= 4 is 5.97 Å². The van der Waals surface area contributed by atoms with E-state index in [4.69, 9.17) is 5.11 Å². The van der Waals surface area contributed by atoms with Gasteiger partial charge in [-0.1, -0.05) is 19.4 Å². The first kappa shape index (κ1) is 13.0. The Kier molecular flexibility index (Phi) is 5.95. The fourth-order valence-electron chi connectivity index (χ4n) is 1.05. The monoisotopic (exact) mass is 201 g/mol. The molecule has 0 aliphatic rings. The highest BCUT2D eigenvalue weighted by Gasteiger charge is 2.22. The Morgan fingerprint density at radius 3 is 2.50 bits per heavy atom. The van der Waals surface area contributed by atoms with E-state index in [1.165, 1.54) is 6.92 Å². The lowest BCUT2D eigenvalue weighted by molar-refractivity contribution is -0.141. The number of carboxylic acids is 1. The molecule has 3 N–H and O–H groups in total. The minimum absolute atomic E-state index is 0.792. The molecule has 0 rings (SSSR count). The van der Waals surface area contributed by atoms with Crippen LogP contribution in [0.4, 0.5) is 0 Å². The molecule has 0 saturated heterocycles. The van der Waals surface area contributed by atoms with Crippen molar-refractivity contribution in [2.24, 2.45) is 0 Å². The summed E-state index contributed by atoms with van der Waals surface area (Å²) in [6, 6.07) is -0.928. The maximum absolute atomic E-state index is 10.7. The van der Waals surface area contributed by atoms with E-state index in [0.29, 0.717) is 0 Å². The first-order valence-electron chi connectivity index (χ1n) is 4.83. The van der Waals surface area contributed by atoms with Crippen LogP contribution in [0.15, 0.2) is 11.8 Å². The number of nitrogens with one attached hydrogen (secondary N) is 1. The van der Waals surface area contributed by atoms with E-state index in [0.717, 1.165) is 18.5 Å². The molecular formula is C10H19NO3. The standard InChI is InChI=1S/C10H19NO3/c1-4-5-6-7(2)11-9(8(3)12)10(13)14/h6,8-9,11-12H,4-5H2,1-3H3,(H,13,14)/t8-,9+/m1/s1. The van der Waals surface area contributed by atoms with Gasteiger partial charge in [0, 0.05) is 5.70 Å². The second-order valence-electron chi connectivity index (χ2n) is 3.38. The molecule has 0 fully saturated rings. The summed E-state index contributed by atoms with van der Waals surface area (Å²) in [7, 11) is 0. The molecule has 14 heavy (non-hydrogen) atoms. The molecule has 4 nitrogen and oxygen atoms in total. The summed E-state index contributed by atoms with van der Waals surface area (Å²) in [5, 5.41) is 20.7. The average Bonchev–Trinajstić information content (AvgIpc) is 2.09. The number of carbonyl (C=O) groups is 1. The van der Waals surface area contributed by atoms with Crippen molar-refractivity contribution in [1.82, 2.24) is 5.32 Å². The molecule has 0 amide bonds. The van der Waals surface area contributed by atoms with Gasteiger partial charge in [-0.15, -0.1) is 0 Å². The van der Waals surface area contributed by atoms with Gasteiger partial charge in [0.1, 0.15) is 0 Å². The number of unbranched alkanes of at least 4 members (excludes halogenated alkanes) is 1. The van der Waals surface area contributed by atoms with Gasteiger partial charge >= 0.3 is 5.97 Å². The topological polar surface area (TPSA) is 69.6 Å². The highest BCUT2D eigenvalue weighted by atomic mass is 16.4. The number of aliphatic hydroxyl groups is 1. The minimum atomic E-state index is -1.04. The summed E-state index contributed by atoms with van der Waals surface area (Å²) in [6.45, 7) is 5.31. The Labute approximate surface area is 84.6 Å². The summed E-state index contributed by atoms with van der Waals surface area (Å²) in [5.74, 6) is -1.04. The molecule has 82 valence electrons. The summed E-state index contributed by atoms with van der Waals surface area (Å²) >= 11 is 0. The zero-order chi connectivity index (χ0) is 11.1. The predicted molar refractivity (Wildman–Crippen MR) is 54.9 cm³/mol. The van der Waals surface area contributed by atoms with Gasteiger partial charge in [0.25, 0.3) is 0 Å². The van der Waals surface area contributed by atoms with E-state index < -0.39 is 18.1 Å². The minimum Gasteiger partial charge on any atom is -0.480 e. The van der Waals surface area contributed by atoms with Crippen molar-refractivity contribution in [2.45, 2.75) is 45.8 Å². The third-order valence-electron chi connectivity index (χ3n) is 1.87. The highest BCUT2D eigenvalue weighted by molar-refractivity contribution is 5.74. The van der Waals surface area contributed by atoms with Crippen molar-refractivity contribution in [2.75, 3.05) is 0 Å². The Morgan fingerprint density at radius 2 is 2.14 bits per heavy atom. The quantitative estimate of drug-likeness (QED) is 0.602. The third-order valence-corrected chi connectivity index (χ3v) is 1.87. The zero-order valence-corrected chi connectivity index (χ0v) is 8.95. The Bertz CT molecular complexity index is 211. The van der Waals surface area contributed by atoms with Crippen LogP contribution in [0.25, 0.3) is 0 Å². The summed E-state index contributed by atoms with van der Waals surface area (Å²) < 4.78 is 0. The number of allylic oxidation sites excluding steroid dienone is 2. The van der Waals surface area contributed by atoms with E-state index >= 15 is 0 Å². The van der Waals surface area contributed by atoms with E-state index in [-0.39, 0.29) is 0 Å². The normalized spacial score (nSPS) is 16.1. The lowest BCUT2D eigenvalue weighted by Crippen LogP contribution is -2.43. The van der Waals surface area contributed by atoms with Gasteiger partial charge < -0.3 is 15.5 Å². The molecule has 0 spiro atoms. The van der Waals surface area contributed by atoms with E-state index in [1.807, 2.05) is 13.0 Å². The molecule has 0 saturated carbocycles. The van der Waals surface area contributed by atoms with Gasteiger partial charge in [-0.25, -0.2) is 4.79 Å². The van der Waals surface area contributed by atoms with Gasteiger partial charge in [-0.05, 0) is 20.3 Å². The molecular weight excluding hydrogens is 182 g/mol. The molecule has 0 aromatic heterocycles. The smallest absolute Gasteiger partial charge is 0.328 e. The van der Waals surface area contributed by atoms with Crippen LogP contribution in [0, 0.1) is 0 Å². The van der Waals surface area contributed by atoms with Gasteiger partial charge in [0.05, 0.1) is 6.10 Å². The maximum atomic E-state index is 10.7. The van der Waals surface area contributed by atoms with Crippen LogP contribution in [0.3, 0.4) is 0 Å². The first-order chi connectivity index (χ1) is 6.49. The van der Waals surface area contributed by atoms with E-state index in [2.05, 4.69) is 5.32 Å². The summed E-state index contributed by atoms with van der Waals surface area (Å²) in [6.07, 6.45) is 2.95. The number of hydrogen-bond donors (Lipinski definition) is 3. The lowest BCUT2D eigenvalue weighted by atomic mass is 10.1. The molecule has 4 heteroatoms. The van der Waals surface area contributed by atoms with Crippen LogP contribution < -0.4 is 5.32 Å². The molecule has 0 aliphatic heterocycles. The zero-order valence-electron chi connectivity index (χ0n) is 8.95. The Balaban J connectivity index is 4.23. The second-order valence-corrected chi connectivity index (χ2v) is 3.38. The van der Waals surface area contributed by atoms with Crippen LogP contribution in [-0.2, 0) is 4.79 Å². The van der Waals surface area contributed by atoms with Crippen LogP contribution in [0.2, 0.25) is 0 Å². The molecule has 0 bridgehead atoms. The van der Waals surface area contributed by atoms with Crippen molar-refractivity contribution in [3.05, 3.63) is 11.8 Å². The number of rotatable bonds is 6. The number of aliphatic carboxylic acids is 1. The fraction of sp³-hybridized carbons (Fsp3) is 0.700. The molecule has 0 heterocycles. The van der Waals surface area contributed by atoms with Crippen molar-refractivity contribution in [3.8, 4) is 0 Å². The van der Waals surface area contributed by atoms with Gasteiger partial charge in [-0.2, -0.15) is 0 Å². The third kappa shape index (κ3) is 4.87. The molecule has 0 unspecified atom stereocenters. The summed E-state index contributed by atoms with van der Waals surface area (Å²) in [5.41, 5.74) is 0.792. The largest absolute Gasteiger partial charge is 0.480 e. The van der Waals surface area contributed by atoms with Crippen molar-refractivity contribution < 1.29 is 15.0 Å². The second kappa shape index (κ2) is 6.43. The average molecular weight is 201 g/mol. The highest BCUT2D eigenvalue weighted by Crippen LogP contribution is 2.00. The van der Waals surface area contributed by atoms with E-state index in [9.17, 15) is 9.90 Å². The predicted octanol–water partition coefficient (Wildman–Crippen LogP) is 1.11. The first-order valence-corrected chi connectivity index (χ1v) is 4.83. The molecule has 0 aromatic rings. The van der Waals surface area contributed by atoms with Crippen molar-refractivity contribution in [1.29, 1.82) is 0 Å². The van der Waals surface area contributed by atoms with Gasteiger partial charge in [0.2, 0.25) is 0 Å².